The molecule has 1 amide bonds. The van der Waals surface area contributed by atoms with Crippen molar-refractivity contribution < 1.29 is 23.1 Å². The molecule has 134 valence electrons. The van der Waals surface area contributed by atoms with E-state index in [2.05, 4.69) is 0 Å². The Morgan fingerprint density at radius 3 is 2.50 bits per heavy atom. The third-order valence-electron chi connectivity index (χ3n) is 5.15. The summed E-state index contributed by atoms with van der Waals surface area (Å²) >= 11 is 1.11. The summed E-state index contributed by atoms with van der Waals surface area (Å²) < 4.78 is 23.3. The van der Waals surface area contributed by atoms with E-state index in [0.29, 0.717) is 25.1 Å². The van der Waals surface area contributed by atoms with Crippen LogP contribution in [0.1, 0.15) is 32.6 Å². The van der Waals surface area contributed by atoms with Crippen LogP contribution in [0.15, 0.2) is 11.1 Å². The lowest BCUT2D eigenvalue weighted by Gasteiger charge is -2.44. The molecule has 1 saturated heterocycles. The number of sulfone groups is 1. The standard InChI is InChI=1S/C15H22N2O5S2/c1-9-4-3-5-16(9)13(18)12-8-23-14(15(19)20)17(12)10-6-11(7-10)24(2,21)22/h8-11,14H,3-7H2,1-2H3,(H,19,20)/t9-,10?,11?,14?/m0/s1. The summed E-state index contributed by atoms with van der Waals surface area (Å²) in [6.45, 7) is 2.68. The van der Waals surface area contributed by atoms with Crippen molar-refractivity contribution in [3.05, 3.63) is 11.1 Å². The van der Waals surface area contributed by atoms with Gasteiger partial charge in [0.2, 0.25) is 0 Å². The number of carboxylic acid groups (broad SMARTS) is 1. The van der Waals surface area contributed by atoms with Crippen LogP contribution in [-0.2, 0) is 19.4 Å². The highest BCUT2D eigenvalue weighted by Gasteiger charge is 2.48. The quantitative estimate of drug-likeness (QED) is 0.780. The number of rotatable bonds is 4. The molecule has 2 aliphatic heterocycles. The molecule has 3 aliphatic rings. The zero-order valence-corrected chi connectivity index (χ0v) is 15.3. The van der Waals surface area contributed by atoms with Crippen LogP contribution in [0.3, 0.4) is 0 Å². The lowest BCUT2D eigenvalue weighted by atomic mass is 9.90. The third-order valence-corrected chi connectivity index (χ3v) is 7.79. The number of carboxylic acids is 1. The molecule has 0 spiro atoms. The predicted molar refractivity (Wildman–Crippen MR) is 91.0 cm³/mol. The maximum atomic E-state index is 12.9. The highest BCUT2D eigenvalue weighted by atomic mass is 32.2. The van der Waals surface area contributed by atoms with Gasteiger partial charge in [0.25, 0.3) is 5.91 Å². The molecule has 1 aliphatic carbocycles. The highest BCUT2D eigenvalue weighted by molar-refractivity contribution is 8.03. The van der Waals surface area contributed by atoms with E-state index in [4.69, 9.17) is 0 Å². The Bertz CT molecular complexity index is 684. The minimum Gasteiger partial charge on any atom is -0.479 e. The molecule has 1 saturated carbocycles. The summed E-state index contributed by atoms with van der Waals surface area (Å²) in [5.74, 6) is -1.14. The average molecular weight is 374 g/mol. The van der Waals surface area contributed by atoms with Gasteiger partial charge in [-0.15, -0.1) is 0 Å². The molecule has 3 rings (SSSR count). The van der Waals surface area contributed by atoms with Crippen molar-refractivity contribution in [2.24, 2.45) is 0 Å². The molecule has 1 N–H and O–H groups in total. The van der Waals surface area contributed by atoms with Gasteiger partial charge in [0.15, 0.2) is 5.37 Å². The van der Waals surface area contributed by atoms with Crippen LogP contribution < -0.4 is 0 Å². The van der Waals surface area contributed by atoms with E-state index in [-0.39, 0.29) is 18.0 Å². The molecule has 0 aromatic carbocycles. The Morgan fingerprint density at radius 2 is 2.00 bits per heavy atom. The fourth-order valence-electron chi connectivity index (χ4n) is 3.60. The first-order valence-corrected chi connectivity index (χ1v) is 11.0. The summed E-state index contributed by atoms with van der Waals surface area (Å²) in [5.41, 5.74) is 0.401. The van der Waals surface area contributed by atoms with Crippen molar-refractivity contribution in [3.63, 3.8) is 0 Å². The number of carbonyl (C=O) groups excluding carboxylic acids is 1. The highest BCUT2D eigenvalue weighted by Crippen LogP contribution is 2.42. The Kier molecular flexibility index (Phi) is 4.59. The third kappa shape index (κ3) is 3.03. The maximum absolute atomic E-state index is 12.9. The van der Waals surface area contributed by atoms with E-state index < -0.39 is 26.4 Å². The number of nitrogens with zero attached hydrogens (tertiary/aromatic N) is 2. The zero-order chi connectivity index (χ0) is 17.6. The van der Waals surface area contributed by atoms with Crippen LogP contribution in [0.25, 0.3) is 0 Å². The van der Waals surface area contributed by atoms with E-state index in [1.165, 1.54) is 6.26 Å². The molecule has 2 fully saturated rings. The molecule has 0 aromatic heterocycles. The second kappa shape index (κ2) is 6.25. The van der Waals surface area contributed by atoms with Crippen LogP contribution >= 0.6 is 11.8 Å². The second-order valence-corrected chi connectivity index (χ2v) is 10.1. The summed E-state index contributed by atoms with van der Waals surface area (Å²) in [7, 11) is -3.12. The topological polar surface area (TPSA) is 95.0 Å². The average Bonchev–Trinajstić information content (AvgIpc) is 3.01. The first kappa shape index (κ1) is 17.6. The molecule has 0 aromatic rings. The molecule has 2 heterocycles. The van der Waals surface area contributed by atoms with Gasteiger partial charge in [-0.2, -0.15) is 0 Å². The Balaban J connectivity index is 1.78. The maximum Gasteiger partial charge on any atom is 0.337 e. The Labute approximate surface area is 146 Å². The zero-order valence-electron chi connectivity index (χ0n) is 13.7. The Hall–Kier alpha value is -1.22. The fourth-order valence-corrected chi connectivity index (χ4v) is 5.76. The van der Waals surface area contributed by atoms with Crippen molar-refractivity contribution in [3.8, 4) is 0 Å². The van der Waals surface area contributed by atoms with Gasteiger partial charge in [-0.05, 0) is 32.6 Å². The lowest BCUT2D eigenvalue weighted by Crippen LogP contribution is -2.54. The molecule has 9 heteroatoms. The fraction of sp³-hybridized carbons (Fsp3) is 0.733. The van der Waals surface area contributed by atoms with Gasteiger partial charge in [0.1, 0.15) is 15.5 Å². The lowest BCUT2D eigenvalue weighted by molar-refractivity contribution is -0.140. The molecule has 24 heavy (non-hydrogen) atoms. The van der Waals surface area contributed by atoms with Crippen LogP contribution in [0.5, 0.6) is 0 Å². The van der Waals surface area contributed by atoms with E-state index >= 15 is 0 Å². The van der Waals surface area contributed by atoms with Crippen molar-refractivity contribution in [2.45, 2.75) is 55.3 Å². The van der Waals surface area contributed by atoms with Crippen molar-refractivity contribution in [2.75, 3.05) is 12.8 Å². The van der Waals surface area contributed by atoms with Crippen LogP contribution in [-0.4, -0.2) is 70.7 Å². The van der Waals surface area contributed by atoms with Crippen LogP contribution in [0, 0.1) is 0 Å². The van der Waals surface area contributed by atoms with E-state index in [0.717, 1.165) is 24.6 Å². The van der Waals surface area contributed by atoms with Gasteiger partial charge >= 0.3 is 5.97 Å². The SMILES string of the molecule is C[C@H]1CCCN1C(=O)C1=CSC(C(=O)O)N1C1CC(S(C)(=O)=O)C1. The molecule has 1 unspecified atom stereocenters. The van der Waals surface area contributed by atoms with Gasteiger partial charge in [0, 0.05) is 30.3 Å². The normalized spacial score (nSPS) is 33.3. The minimum absolute atomic E-state index is 0.140. The van der Waals surface area contributed by atoms with Gasteiger partial charge in [0.05, 0.1) is 5.25 Å². The number of carbonyl (C=O) groups is 2. The summed E-state index contributed by atoms with van der Waals surface area (Å²) in [6.07, 6.45) is 3.87. The molecular formula is C15H22N2O5S2. The van der Waals surface area contributed by atoms with Gasteiger partial charge in [-0.1, -0.05) is 11.8 Å². The number of hydrogen-bond acceptors (Lipinski definition) is 6. The second-order valence-electron chi connectivity index (χ2n) is 6.80. The van der Waals surface area contributed by atoms with Crippen molar-refractivity contribution in [1.82, 2.24) is 9.80 Å². The van der Waals surface area contributed by atoms with Gasteiger partial charge in [-0.25, -0.2) is 13.2 Å². The Morgan fingerprint density at radius 1 is 1.33 bits per heavy atom. The van der Waals surface area contributed by atoms with Gasteiger partial charge < -0.3 is 14.9 Å². The van der Waals surface area contributed by atoms with E-state index in [1.807, 2.05) is 6.92 Å². The molecule has 7 nitrogen and oxygen atoms in total. The number of amides is 1. The first-order chi connectivity index (χ1) is 11.2. The number of likely N-dealkylation sites (tertiary alicyclic amines) is 1. The first-order valence-electron chi connectivity index (χ1n) is 8.06. The van der Waals surface area contributed by atoms with E-state index in [1.54, 1.807) is 15.2 Å². The minimum atomic E-state index is -3.12. The summed E-state index contributed by atoms with van der Waals surface area (Å²) in [4.78, 5) is 27.8. The predicted octanol–water partition coefficient (Wildman–Crippen LogP) is 0.874. The van der Waals surface area contributed by atoms with Gasteiger partial charge in [-0.3, -0.25) is 4.79 Å². The van der Waals surface area contributed by atoms with Crippen molar-refractivity contribution in [1.29, 1.82) is 0 Å². The summed E-state index contributed by atoms with van der Waals surface area (Å²) in [6, 6.07) is -0.0618. The molecular weight excluding hydrogens is 352 g/mol. The smallest absolute Gasteiger partial charge is 0.337 e. The molecule has 0 bridgehead atoms. The van der Waals surface area contributed by atoms with E-state index in [9.17, 15) is 23.1 Å². The summed E-state index contributed by atoms with van der Waals surface area (Å²) in [5, 5.41) is 9.79. The molecule has 2 atom stereocenters. The monoisotopic (exact) mass is 374 g/mol. The molecule has 0 radical (unpaired) electrons. The van der Waals surface area contributed by atoms with Crippen LogP contribution in [0.2, 0.25) is 0 Å². The van der Waals surface area contributed by atoms with Crippen molar-refractivity contribution >= 4 is 33.5 Å². The number of thioether (sulfide) groups is 1. The number of aliphatic carboxylic acids is 1. The van der Waals surface area contributed by atoms with Crippen LogP contribution in [0.4, 0.5) is 0 Å². The largest absolute Gasteiger partial charge is 0.479 e. The number of hydrogen-bond donors (Lipinski definition) is 1.